The third-order valence-corrected chi connectivity index (χ3v) is 5.80. The highest BCUT2D eigenvalue weighted by molar-refractivity contribution is 6.25. The van der Waals surface area contributed by atoms with Gasteiger partial charge in [-0.25, -0.2) is 0 Å². The van der Waals surface area contributed by atoms with Crippen LogP contribution in [0.25, 0.3) is 0 Å². The lowest BCUT2D eigenvalue weighted by Crippen LogP contribution is -2.47. The zero-order valence-electron chi connectivity index (χ0n) is 19.7. The molecule has 11 heteroatoms. The van der Waals surface area contributed by atoms with Crippen molar-refractivity contribution >= 4 is 28.7 Å². The number of amides is 1. The molecule has 4 N–H and O–H groups in total. The number of β-amino-alcohol motifs (C(OH)–C–C–N with tert-alkyl or cyclic N) is 1. The van der Waals surface area contributed by atoms with Crippen molar-refractivity contribution in [2.45, 2.75) is 13.1 Å². The van der Waals surface area contributed by atoms with Crippen molar-refractivity contribution in [2.24, 2.45) is 10.7 Å². The minimum Gasteiger partial charge on any atom is -0.404 e. The molecule has 1 saturated heterocycles. The number of benzene rings is 2. The van der Waals surface area contributed by atoms with Crippen molar-refractivity contribution < 1.29 is 23.1 Å². The van der Waals surface area contributed by atoms with Gasteiger partial charge in [-0.3, -0.25) is 14.7 Å². The fourth-order valence-electron chi connectivity index (χ4n) is 3.87. The highest BCUT2D eigenvalue weighted by atomic mass is 19.4. The molecular formula is C25H27F3N6O2. The number of nitrogens with zero attached hydrogens (tertiary/aromatic N) is 4. The Kier molecular flexibility index (Phi) is 8.68. The second kappa shape index (κ2) is 11.7. The number of carbonyl (C=O) groups excluding carboxylic acids is 1. The summed E-state index contributed by atoms with van der Waals surface area (Å²) in [4.78, 5) is 21.3. The topological polar surface area (TPSA) is 118 Å². The number of halogens is 3. The normalized spacial score (nSPS) is 15.5. The van der Waals surface area contributed by atoms with Crippen LogP contribution in [-0.2, 0) is 11.0 Å². The van der Waals surface area contributed by atoms with E-state index >= 15 is 0 Å². The van der Waals surface area contributed by atoms with Crippen molar-refractivity contribution in [3.63, 3.8) is 0 Å². The number of aliphatic hydroxyl groups excluding tert-OH is 1. The summed E-state index contributed by atoms with van der Waals surface area (Å²) in [7, 11) is 0. The number of aliphatic imine (C=N–C) groups is 1. The first kappa shape index (κ1) is 26.7. The predicted octanol–water partition coefficient (Wildman–Crippen LogP) is 3.27. The highest BCUT2D eigenvalue weighted by Crippen LogP contribution is 2.30. The number of rotatable bonds is 7. The number of anilines is 2. The van der Waals surface area contributed by atoms with E-state index in [4.69, 9.17) is 10.8 Å². The molecule has 0 atom stereocenters. The number of aliphatic hydroxyl groups is 1. The molecule has 1 aliphatic heterocycles. The third-order valence-electron chi connectivity index (χ3n) is 5.80. The van der Waals surface area contributed by atoms with Crippen molar-refractivity contribution in [1.82, 2.24) is 4.90 Å². The van der Waals surface area contributed by atoms with E-state index in [1.54, 1.807) is 18.2 Å². The van der Waals surface area contributed by atoms with Gasteiger partial charge in [-0.15, -0.1) is 0 Å². The van der Waals surface area contributed by atoms with Crippen LogP contribution in [0.2, 0.25) is 0 Å². The Morgan fingerprint density at radius 1 is 1.19 bits per heavy atom. The summed E-state index contributed by atoms with van der Waals surface area (Å²) >= 11 is 0. The molecule has 1 amide bonds. The average Bonchev–Trinajstić information content (AvgIpc) is 2.85. The monoisotopic (exact) mass is 500 g/mol. The summed E-state index contributed by atoms with van der Waals surface area (Å²) in [6.45, 7) is 5.20. The van der Waals surface area contributed by atoms with Crippen LogP contribution in [-0.4, -0.2) is 61.0 Å². The molecule has 0 aromatic heterocycles. The van der Waals surface area contributed by atoms with Crippen LogP contribution in [0, 0.1) is 11.3 Å². The molecule has 1 heterocycles. The Morgan fingerprint density at radius 3 is 2.42 bits per heavy atom. The fourth-order valence-corrected chi connectivity index (χ4v) is 3.87. The Labute approximate surface area is 207 Å². The van der Waals surface area contributed by atoms with Crippen LogP contribution >= 0.6 is 0 Å². The Bertz CT molecular complexity index is 1180. The number of hydrogen-bond acceptors (Lipinski definition) is 7. The lowest BCUT2D eigenvalue weighted by molar-refractivity contribution is -0.137. The van der Waals surface area contributed by atoms with Gasteiger partial charge < -0.3 is 21.1 Å². The number of hydrogen-bond donors (Lipinski definition) is 3. The van der Waals surface area contributed by atoms with Gasteiger partial charge in [0.1, 0.15) is 6.07 Å². The van der Waals surface area contributed by atoms with Crippen molar-refractivity contribution in [3.8, 4) is 6.07 Å². The van der Waals surface area contributed by atoms with Crippen LogP contribution < -0.4 is 16.0 Å². The summed E-state index contributed by atoms with van der Waals surface area (Å²) in [5.41, 5.74) is 6.89. The predicted molar refractivity (Wildman–Crippen MR) is 132 cm³/mol. The SMILES string of the molecule is CC(=Nc1ccc(C(F)(F)F)cc1)C(=CN)C(=O)Nc1ccc(N2CCN(CCO)CC2)c(C#N)c1. The Morgan fingerprint density at radius 2 is 1.86 bits per heavy atom. The van der Waals surface area contributed by atoms with Gasteiger partial charge in [0.2, 0.25) is 0 Å². The molecule has 0 radical (unpaired) electrons. The van der Waals surface area contributed by atoms with Gasteiger partial charge in [0.25, 0.3) is 5.91 Å². The Hall–Kier alpha value is -3.88. The number of nitrogens with two attached hydrogens (primary N) is 1. The molecular weight excluding hydrogens is 473 g/mol. The number of nitrogens with one attached hydrogen (secondary N) is 1. The van der Waals surface area contributed by atoms with Crippen LogP contribution in [0.15, 0.2) is 59.2 Å². The van der Waals surface area contributed by atoms with Crippen molar-refractivity contribution in [3.05, 3.63) is 65.4 Å². The zero-order chi connectivity index (χ0) is 26.3. The number of carbonyl (C=O) groups is 1. The average molecular weight is 501 g/mol. The minimum absolute atomic E-state index is 0.0393. The fraction of sp³-hybridized carbons (Fsp3) is 0.320. The molecule has 0 unspecified atom stereocenters. The van der Waals surface area contributed by atoms with Crippen LogP contribution in [0.1, 0.15) is 18.1 Å². The molecule has 0 bridgehead atoms. The maximum absolute atomic E-state index is 12.8. The van der Waals surface area contributed by atoms with E-state index in [9.17, 15) is 23.2 Å². The van der Waals surface area contributed by atoms with E-state index in [1.807, 2.05) is 0 Å². The lowest BCUT2D eigenvalue weighted by atomic mass is 10.1. The number of nitriles is 1. The summed E-state index contributed by atoms with van der Waals surface area (Å²) in [5.74, 6) is -0.570. The van der Waals surface area contributed by atoms with Gasteiger partial charge in [0, 0.05) is 44.6 Å². The van der Waals surface area contributed by atoms with Crippen LogP contribution in [0.4, 0.5) is 30.2 Å². The van der Waals surface area contributed by atoms with Gasteiger partial charge in [-0.05, 0) is 49.4 Å². The molecule has 1 aliphatic rings. The third kappa shape index (κ3) is 6.62. The van der Waals surface area contributed by atoms with Gasteiger partial charge >= 0.3 is 6.18 Å². The number of alkyl halides is 3. The first-order chi connectivity index (χ1) is 17.2. The van der Waals surface area contributed by atoms with Crippen LogP contribution in [0.5, 0.6) is 0 Å². The van der Waals surface area contributed by atoms with E-state index < -0.39 is 17.6 Å². The van der Waals surface area contributed by atoms with Crippen molar-refractivity contribution in [2.75, 3.05) is 49.5 Å². The minimum atomic E-state index is -4.45. The molecule has 0 saturated carbocycles. The largest absolute Gasteiger partial charge is 0.416 e. The molecule has 0 spiro atoms. The molecule has 36 heavy (non-hydrogen) atoms. The van der Waals surface area contributed by atoms with E-state index in [-0.39, 0.29) is 23.6 Å². The van der Waals surface area contributed by atoms with Gasteiger partial charge in [-0.1, -0.05) is 0 Å². The smallest absolute Gasteiger partial charge is 0.404 e. The van der Waals surface area contributed by atoms with E-state index in [2.05, 4.69) is 26.2 Å². The molecule has 1 fully saturated rings. The molecule has 0 aliphatic carbocycles. The second-order valence-corrected chi connectivity index (χ2v) is 8.17. The maximum atomic E-state index is 12.8. The van der Waals surface area contributed by atoms with Gasteiger partial charge in [-0.2, -0.15) is 18.4 Å². The summed E-state index contributed by atoms with van der Waals surface area (Å²) < 4.78 is 38.3. The first-order valence-corrected chi connectivity index (χ1v) is 11.2. The first-order valence-electron chi connectivity index (χ1n) is 11.2. The van der Waals surface area contributed by atoms with E-state index in [0.29, 0.717) is 30.9 Å². The van der Waals surface area contributed by atoms with Gasteiger partial charge in [0.05, 0.1) is 40.4 Å². The molecule has 8 nitrogen and oxygen atoms in total. The standard InChI is InChI=1S/C25H27F3N6O2/c1-17(31-20-4-2-19(3-5-20)25(26,27)28)22(16-30)24(36)32-21-6-7-23(18(14-21)15-29)34-10-8-33(9-11-34)12-13-35/h2-7,14,16,35H,8-13,30H2,1H3,(H,32,36). The number of piperazine rings is 1. The van der Waals surface area contributed by atoms with Crippen molar-refractivity contribution in [1.29, 1.82) is 5.26 Å². The second-order valence-electron chi connectivity index (χ2n) is 8.17. The highest BCUT2D eigenvalue weighted by Gasteiger charge is 2.30. The van der Waals surface area contributed by atoms with E-state index in [1.165, 1.54) is 19.1 Å². The summed E-state index contributed by atoms with van der Waals surface area (Å²) in [6.07, 6.45) is -3.38. The molecule has 3 rings (SSSR count). The van der Waals surface area contributed by atoms with Crippen LogP contribution in [0.3, 0.4) is 0 Å². The summed E-state index contributed by atoms with van der Waals surface area (Å²) in [5, 5.41) is 21.5. The van der Waals surface area contributed by atoms with E-state index in [0.717, 1.165) is 37.1 Å². The summed E-state index contributed by atoms with van der Waals surface area (Å²) in [6, 6.07) is 11.4. The maximum Gasteiger partial charge on any atom is 0.416 e. The molecule has 2 aromatic rings. The van der Waals surface area contributed by atoms with Gasteiger partial charge in [0.15, 0.2) is 0 Å². The Balaban J connectivity index is 1.71. The zero-order valence-corrected chi connectivity index (χ0v) is 19.7. The molecule has 2 aromatic carbocycles. The molecule has 190 valence electrons. The quantitative estimate of drug-likeness (QED) is 0.397. The lowest BCUT2D eigenvalue weighted by Gasteiger charge is -2.36.